The van der Waals surface area contributed by atoms with Crippen LogP contribution in [-0.2, 0) is 16.0 Å². The number of imide groups is 1. The predicted molar refractivity (Wildman–Crippen MR) is 86.9 cm³/mol. The lowest BCUT2D eigenvalue weighted by Crippen LogP contribution is -2.30. The van der Waals surface area contributed by atoms with Crippen LogP contribution < -0.4 is 4.90 Å². The lowest BCUT2D eigenvalue weighted by molar-refractivity contribution is -0.122. The van der Waals surface area contributed by atoms with E-state index in [1.165, 1.54) is 4.90 Å². The Hall–Kier alpha value is -2.13. The van der Waals surface area contributed by atoms with Crippen molar-refractivity contribution in [3.05, 3.63) is 64.7 Å². The summed E-state index contributed by atoms with van der Waals surface area (Å²) in [4.78, 5) is 26.1. The summed E-state index contributed by atoms with van der Waals surface area (Å²) < 4.78 is 0. The zero-order valence-electron chi connectivity index (χ0n) is 12.3. The van der Waals surface area contributed by atoms with Gasteiger partial charge in [-0.25, -0.2) is 0 Å². The topological polar surface area (TPSA) is 37.4 Å². The van der Waals surface area contributed by atoms with Crippen LogP contribution in [0.4, 0.5) is 5.69 Å². The number of amides is 2. The van der Waals surface area contributed by atoms with Gasteiger partial charge in [0, 0.05) is 11.4 Å². The van der Waals surface area contributed by atoms with Crippen molar-refractivity contribution in [1.82, 2.24) is 0 Å². The van der Waals surface area contributed by atoms with Crippen LogP contribution in [0.15, 0.2) is 48.5 Å². The monoisotopic (exact) mass is 313 g/mol. The molecule has 2 aromatic rings. The Balaban J connectivity index is 1.79. The molecular formula is C18H16ClNO2. The fourth-order valence-corrected chi connectivity index (χ4v) is 2.85. The largest absolute Gasteiger partial charge is 0.274 e. The van der Waals surface area contributed by atoms with E-state index in [0.717, 1.165) is 11.1 Å². The molecule has 4 heteroatoms. The second kappa shape index (κ2) is 5.93. The smallest absolute Gasteiger partial charge is 0.237 e. The van der Waals surface area contributed by atoms with Gasteiger partial charge in [-0.2, -0.15) is 0 Å². The van der Waals surface area contributed by atoms with Crippen molar-refractivity contribution in [2.45, 2.75) is 19.8 Å². The zero-order valence-corrected chi connectivity index (χ0v) is 13.0. The summed E-state index contributed by atoms with van der Waals surface area (Å²) in [6, 6.07) is 14.8. The molecule has 2 amide bonds. The van der Waals surface area contributed by atoms with E-state index in [-0.39, 0.29) is 24.2 Å². The molecule has 1 atom stereocenters. The molecule has 0 radical (unpaired) electrons. The fraction of sp³-hybridized carbons (Fsp3) is 0.222. The second-order valence-electron chi connectivity index (χ2n) is 5.63. The molecule has 1 aliphatic heterocycles. The first-order valence-electron chi connectivity index (χ1n) is 7.22. The first-order valence-corrected chi connectivity index (χ1v) is 7.60. The number of hydrogen-bond acceptors (Lipinski definition) is 2. The number of carbonyl (C=O) groups excluding carboxylic acids is 2. The number of nitrogens with zero attached hydrogens (tertiary/aromatic N) is 1. The van der Waals surface area contributed by atoms with Crippen LogP contribution >= 0.6 is 11.6 Å². The molecule has 22 heavy (non-hydrogen) atoms. The summed E-state index contributed by atoms with van der Waals surface area (Å²) in [5.74, 6) is -0.549. The lowest BCUT2D eigenvalue weighted by atomic mass is 9.98. The SMILES string of the molecule is Cc1ccc(N2C(=O)C[C@@H](Cc3ccc(Cl)cc3)C2=O)cc1. The minimum atomic E-state index is -0.296. The van der Waals surface area contributed by atoms with Crippen molar-refractivity contribution in [3.63, 3.8) is 0 Å². The molecule has 0 N–H and O–H groups in total. The highest BCUT2D eigenvalue weighted by Gasteiger charge is 2.39. The van der Waals surface area contributed by atoms with Gasteiger partial charge >= 0.3 is 0 Å². The van der Waals surface area contributed by atoms with Crippen LogP contribution in [0.5, 0.6) is 0 Å². The second-order valence-corrected chi connectivity index (χ2v) is 6.07. The van der Waals surface area contributed by atoms with E-state index in [0.29, 0.717) is 17.1 Å². The molecule has 112 valence electrons. The van der Waals surface area contributed by atoms with Crippen molar-refractivity contribution in [3.8, 4) is 0 Å². The molecular weight excluding hydrogens is 298 g/mol. The van der Waals surface area contributed by atoms with Crippen molar-refractivity contribution in [1.29, 1.82) is 0 Å². The zero-order chi connectivity index (χ0) is 15.7. The normalized spacial score (nSPS) is 18.1. The summed E-state index contributed by atoms with van der Waals surface area (Å²) in [6.45, 7) is 1.97. The minimum Gasteiger partial charge on any atom is -0.274 e. The van der Waals surface area contributed by atoms with Gasteiger partial charge in [0.2, 0.25) is 11.8 Å². The van der Waals surface area contributed by atoms with Gasteiger partial charge in [0.15, 0.2) is 0 Å². The number of hydrogen-bond donors (Lipinski definition) is 0. The van der Waals surface area contributed by atoms with E-state index in [1.54, 1.807) is 12.1 Å². The molecule has 0 aliphatic carbocycles. The number of anilines is 1. The average Bonchev–Trinajstić information content (AvgIpc) is 2.77. The van der Waals surface area contributed by atoms with E-state index in [9.17, 15) is 9.59 Å². The maximum absolute atomic E-state index is 12.6. The maximum Gasteiger partial charge on any atom is 0.237 e. The van der Waals surface area contributed by atoms with Gasteiger partial charge < -0.3 is 0 Å². The van der Waals surface area contributed by atoms with Gasteiger partial charge in [-0.3, -0.25) is 14.5 Å². The van der Waals surface area contributed by atoms with E-state index in [1.807, 2.05) is 43.3 Å². The summed E-state index contributed by atoms with van der Waals surface area (Å²) in [6.07, 6.45) is 0.819. The third-order valence-electron chi connectivity index (χ3n) is 3.93. The highest BCUT2D eigenvalue weighted by atomic mass is 35.5. The van der Waals surface area contributed by atoms with Crippen LogP contribution in [0.3, 0.4) is 0 Å². The van der Waals surface area contributed by atoms with E-state index >= 15 is 0 Å². The fourth-order valence-electron chi connectivity index (χ4n) is 2.72. The number of rotatable bonds is 3. The van der Waals surface area contributed by atoms with Gasteiger partial charge in [-0.1, -0.05) is 41.4 Å². The molecule has 3 nitrogen and oxygen atoms in total. The van der Waals surface area contributed by atoms with Crippen molar-refractivity contribution < 1.29 is 9.59 Å². The summed E-state index contributed by atoms with van der Waals surface area (Å²) in [5, 5.41) is 0.666. The van der Waals surface area contributed by atoms with Gasteiger partial charge in [-0.05, 0) is 43.2 Å². The van der Waals surface area contributed by atoms with E-state index in [4.69, 9.17) is 11.6 Å². The summed E-state index contributed by atoms with van der Waals surface area (Å²) in [7, 11) is 0. The number of carbonyl (C=O) groups is 2. The third-order valence-corrected chi connectivity index (χ3v) is 4.18. The average molecular weight is 314 g/mol. The van der Waals surface area contributed by atoms with Gasteiger partial charge in [0.1, 0.15) is 0 Å². The molecule has 1 saturated heterocycles. The minimum absolute atomic E-state index is 0.121. The Morgan fingerprint density at radius 1 is 1.05 bits per heavy atom. The predicted octanol–water partition coefficient (Wildman–Crippen LogP) is 3.77. The summed E-state index contributed by atoms with van der Waals surface area (Å²) >= 11 is 5.87. The highest BCUT2D eigenvalue weighted by Crippen LogP contribution is 2.29. The highest BCUT2D eigenvalue weighted by molar-refractivity contribution is 6.30. The standard InChI is InChI=1S/C18H16ClNO2/c1-12-2-8-16(9-3-12)20-17(21)11-14(18(20)22)10-13-4-6-15(19)7-5-13/h2-9,14H,10-11H2,1H3/t14-/m1/s1. The Morgan fingerprint density at radius 3 is 2.32 bits per heavy atom. The Morgan fingerprint density at radius 2 is 1.68 bits per heavy atom. The Kier molecular flexibility index (Phi) is 3.99. The molecule has 2 aromatic carbocycles. The molecule has 1 aliphatic rings. The number of halogens is 1. The molecule has 3 rings (SSSR count). The molecule has 1 heterocycles. The molecule has 0 bridgehead atoms. The van der Waals surface area contributed by atoms with Crippen LogP contribution in [-0.4, -0.2) is 11.8 Å². The molecule has 0 spiro atoms. The van der Waals surface area contributed by atoms with Gasteiger partial charge in [0.05, 0.1) is 11.6 Å². The first kappa shape index (κ1) is 14.8. The van der Waals surface area contributed by atoms with Gasteiger partial charge in [0.25, 0.3) is 0 Å². The Bertz CT molecular complexity index is 707. The molecule has 0 aromatic heterocycles. The molecule has 0 unspecified atom stereocenters. The summed E-state index contributed by atoms with van der Waals surface area (Å²) in [5.41, 5.74) is 2.76. The van der Waals surface area contributed by atoms with Crippen LogP contribution in [0.2, 0.25) is 5.02 Å². The quantitative estimate of drug-likeness (QED) is 0.809. The van der Waals surface area contributed by atoms with E-state index < -0.39 is 0 Å². The van der Waals surface area contributed by atoms with Gasteiger partial charge in [-0.15, -0.1) is 0 Å². The lowest BCUT2D eigenvalue weighted by Gasteiger charge is -2.15. The van der Waals surface area contributed by atoms with Crippen LogP contribution in [0.25, 0.3) is 0 Å². The van der Waals surface area contributed by atoms with E-state index in [2.05, 4.69) is 0 Å². The van der Waals surface area contributed by atoms with Crippen molar-refractivity contribution in [2.75, 3.05) is 4.90 Å². The molecule has 0 saturated carbocycles. The number of benzene rings is 2. The third kappa shape index (κ3) is 2.90. The maximum atomic E-state index is 12.6. The molecule has 1 fully saturated rings. The van der Waals surface area contributed by atoms with Crippen molar-refractivity contribution >= 4 is 29.1 Å². The number of aryl methyl sites for hydroxylation is 1. The van der Waals surface area contributed by atoms with Crippen LogP contribution in [0.1, 0.15) is 17.5 Å². The Labute approximate surface area is 134 Å². The van der Waals surface area contributed by atoms with Crippen molar-refractivity contribution in [2.24, 2.45) is 5.92 Å². The van der Waals surface area contributed by atoms with Crippen LogP contribution in [0, 0.1) is 12.8 Å². The first-order chi connectivity index (χ1) is 10.5.